The Balaban J connectivity index is 1.53. The third-order valence-corrected chi connectivity index (χ3v) is 5.86. The fraction of sp³-hybridized carbons (Fsp3) is 0.375. The summed E-state index contributed by atoms with van der Waals surface area (Å²) in [7, 11) is 1.73. The fourth-order valence-electron chi connectivity index (χ4n) is 3.56. The van der Waals surface area contributed by atoms with E-state index in [2.05, 4.69) is 0 Å². The van der Waals surface area contributed by atoms with Crippen molar-refractivity contribution < 1.29 is 19.2 Å². The minimum absolute atomic E-state index is 0.119. The number of rotatable bonds is 6. The summed E-state index contributed by atoms with van der Waals surface area (Å²) in [4.78, 5) is 44.0. The lowest BCUT2D eigenvalue weighted by Gasteiger charge is -2.25. The van der Waals surface area contributed by atoms with E-state index in [9.17, 15) is 14.4 Å². The molecule has 0 N–H and O–H groups in total. The second-order valence-electron chi connectivity index (χ2n) is 7.94. The molecular weight excluding hydrogens is 380 g/mol. The molecule has 6 heteroatoms. The maximum atomic E-state index is 12.5. The summed E-state index contributed by atoms with van der Waals surface area (Å²) < 4.78 is 0. The number of imide groups is 1. The first-order valence-corrected chi connectivity index (χ1v) is 10.5. The molecule has 2 saturated carbocycles. The largest absolute Gasteiger partial charge is 0.369 e. The maximum absolute atomic E-state index is 12.5. The zero-order chi connectivity index (χ0) is 21.1. The molecule has 1 aromatic rings. The molecule has 1 aromatic carbocycles. The van der Waals surface area contributed by atoms with Crippen LogP contribution in [0.5, 0.6) is 0 Å². The van der Waals surface area contributed by atoms with Gasteiger partial charge in [0.15, 0.2) is 5.76 Å². The van der Waals surface area contributed by atoms with Gasteiger partial charge in [-0.25, -0.2) is 0 Å². The number of likely N-dealkylation sites (N-methyl/N-ethyl adjacent to an activating group) is 1. The number of hydrogen-bond donors (Lipinski definition) is 0. The molecule has 3 fully saturated rings. The highest BCUT2D eigenvalue weighted by Gasteiger charge is 2.33. The minimum atomic E-state index is -0.313. The third-order valence-electron chi connectivity index (χ3n) is 5.86. The van der Waals surface area contributed by atoms with Crippen LogP contribution in [0.25, 0.3) is 5.76 Å². The molecule has 6 nitrogen and oxygen atoms in total. The molecular formula is C24H26N2O4. The van der Waals surface area contributed by atoms with Crippen LogP contribution in [0.2, 0.25) is 0 Å². The molecule has 30 heavy (non-hydrogen) atoms. The van der Waals surface area contributed by atoms with Crippen LogP contribution in [0.3, 0.4) is 0 Å². The second kappa shape index (κ2) is 8.69. The molecule has 2 aliphatic carbocycles. The van der Waals surface area contributed by atoms with Crippen LogP contribution in [-0.2, 0) is 19.2 Å². The Bertz CT molecular complexity index is 945. The average molecular weight is 406 g/mol. The number of benzene rings is 1. The van der Waals surface area contributed by atoms with Gasteiger partial charge in [0.25, 0.3) is 17.7 Å². The average Bonchev–Trinajstić information content (AvgIpc) is 2.99. The normalized spacial score (nSPS) is 18.4. The van der Waals surface area contributed by atoms with Gasteiger partial charge in [0, 0.05) is 37.2 Å². The second-order valence-corrected chi connectivity index (χ2v) is 7.94. The van der Waals surface area contributed by atoms with Gasteiger partial charge >= 0.3 is 0 Å². The number of hydroxylamine groups is 2. The van der Waals surface area contributed by atoms with E-state index in [0.29, 0.717) is 5.76 Å². The molecule has 1 heterocycles. The van der Waals surface area contributed by atoms with Gasteiger partial charge in [-0.3, -0.25) is 14.4 Å². The first kappa shape index (κ1) is 20.1. The fourth-order valence-corrected chi connectivity index (χ4v) is 3.56. The number of nitrogens with zero attached hydrogens (tertiary/aromatic N) is 2. The first-order valence-electron chi connectivity index (χ1n) is 10.5. The van der Waals surface area contributed by atoms with Crippen molar-refractivity contribution in [2.24, 2.45) is 0 Å². The summed E-state index contributed by atoms with van der Waals surface area (Å²) in [6.45, 7) is 0. The molecule has 1 saturated heterocycles. The highest BCUT2D eigenvalue weighted by atomic mass is 16.7. The predicted octanol–water partition coefficient (Wildman–Crippen LogP) is 4.29. The number of allylic oxidation sites excluding steroid dienone is 4. The summed E-state index contributed by atoms with van der Waals surface area (Å²) in [6.07, 6.45) is 12.0. The van der Waals surface area contributed by atoms with E-state index in [1.807, 2.05) is 36.4 Å². The van der Waals surface area contributed by atoms with Crippen molar-refractivity contribution in [1.29, 1.82) is 0 Å². The minimum Gasteiger partial charge on any atom is -0.369 e. The molecule has 3 amide bonds. The monoisotopic (exact) mass is 406 g/mol. The van der Waals surface area contributed by atoms with Crippen LogP contribution in [0, 0.1) is 0 Å². The quantitative estimate of drug-likeness (QED) is 0.402. The van der Waals surface area contributed by atoms with Crippen molar-refractivity contribution in [3.05, 3.63) is 59.2 Å². The van der Waals surface area contributed by atoms with Crippen molar-refractivity contribution >= 4 is 29.2 Å². The van der Waals surface area contributed by atoms with Gasteiger partial charge in [0.1, 0.15) is 0 Å². The molecule has 0 radical (unpaired) electrons. The number of carbonyl (C=O) groups is 3. The van der Waals surface area contributed by atoms with Crippen molar-refractivity contribution in [3.63, 3.8) is 0 Å². The van der Waals surface area contributed by atoms with Gasteiger partial charge < -0.3 is 9.74 Å². The highest BCUT2D eigenvalue weighted by Crippen LogP contribution is 2.36. The van der Waals surface area contributed by atoms with E-state index in [1.165, 1.54) is 12.0 Å². The number of carbonyl (C=O) groups excluding carboxylic acids is 3. The van der Waals surface area contributed by atoms with Crippen LogP contribution < -0.4 is 4.90 Å². The molecule has 0 bridgehead atoms. The molecule has 1 aliphatic heterocycles. The van der Waals surface area contributed by atoms with E-state index in [1.54, 1.807) is 18.0 Å². The van der Waals surface area contributed by atoms with E-state index in [-0.39, 0.29) is 30.6 Å². The zero-order valence-electron chi connectivity index (χ0n) is 17.2. The molecule has 0 aromatic heterocycles. The number of hydrogen-bond acceptors (Lipinski definition) is 4. The van der Waals surface area contributed by atoms with Crippen LogP contribution in [-0.4, -0.2) is 29.8 Å². The van der Waals surface area contributed by atoms with Gasteiger partial charge in [-0.1, -0.05) is 29.9 Å². The Kier molecular flexibility index (Phi) is 5.84. The molecule has 0 spiro atoms. The van der Waals surface area contributed by atoms with Gasteiger partial charge in [0.2, 0.25) is 0 Å². The lowest BCUT2D eigenvalue weighted by Crippen LogP contribution is -2.29. The molecule has 0 unspecified atom stereocenters. The predicted molar refractivity (Wildman–Crippen MR) is 114 cm³/mol. The van der Waals surface area contributed by atoms with E-state index >= 15 is 0 Å². The first-order chi connectivity index (χ1) is 14.5. The molecule has 3 aliphatic rings. The summed E-state index contributed by atoms with van der Waals surface area (Å²) in [5, 5.41) is 0.888. The van der Waals surface area contributed by atoms with Gasteiger partial charge in [-0.15, -0.1) is 5.06 Å². The van der Waals surface area contributed by atoms with Gasteiger partial charge in [-0.2, -0.15) is 0 Å². The van der Waals surface area contributed by atoms with E-state index in [0.717, 1.165) is 54.0 Å². The van der Waals surface area contributed by atoms with Crippen LogP contribution >= 0.6 is 0 Å². The molecule has 0 atom stereocenters. The van der Waals surface area contributed by atoms with Crippen molar-refractivity contribution in [1.82, 2.24) is 5.06 Å². The zero-order valence-corrected chi connectivity index (χ0v) is 17.2. The third kappa shape index (κ3) is 4.22. The van der Waals surface area contributed by atoms with Crippen molar-refractivity contribution in [3.8, 4) is 0 Å². The Labute approximate surface area is 176 Å². The lowest BCUT2D eigenvalue weighted by molar-refractivity contribution is -0.170. The summed E-state index contributed by atoms with van der Waals surface area (Å²) in [5.41, 5.74) is 3.94. The molecule has 4 rings (SSSR count). The summed E-state index contributed by atoms with van der Waals surface area (Å²) >= 11 is 0. The Morgan fingerprint density at radius 2 is 1.73 bits per heavy atom. The number of amides is 3. The van der Waals surface area contributed by atoms with Gasteiger partial charge in [-0.05, 0) is 56.2 Å². The van der Waals surface area contributed by atoms with Crippen LogP contribution in [0.4, 0.5) is 5.69 Å². The summed E-state index contributed by atoms with van der Waals surface area (Å²) in [6, 6.07) is 7.45. The maximum Gasteiger partial charge on any atom is 0.263 e. The van der Waals surface area contributed by atoms with Crippen molar-refractivity contribution in [2.75, 3.05) is 11.9 Å². The topological polar surface area (TPSA) is 66.9 Å². The van der Waals surface area contributed by atoms with Crippen LogP contribution in [0.15, 0.2) is 53.6 Å². The SMILES string of the molecule is CN(C(=O)/C=C\C=C1CCC1)c1cccc(C(ON2C(=O)CCC2=O)=C2CCC2)c1. The summed E-state index contributed by atoms with van der Waals surface area (Å²) in [5.74, 6) is -0.192. The lowest BCUT2D eigenvalue weighted by atomic mass is 9.89. The Morgan fingerprint density at radius 1 is 1.03 bits per heavy atom. The van der Waals surface area contributed by atoms with E-state index in [4.69, 9.17) is 4.84 Å². The Morgan fingerprint density at radius 3 is 2.33 bits per heavy atom. The number of anilines is 1. The Hall–Kier alpha value is -3.15. The van der Waals surface area contributed by atoms with Crippen molar-refractivity contribution in [2.45, 2.75) is 51.4 Å². The highest BCUT2D eigenvalue weighted by molar-refractivity contribution is 6.02. The van der Waals surface area contributed by atoms with Crippen LogP contribution in [0.1, 0.15) is 56.9 Å². The van der Waals surface area contributed by atoms with E-state index < -0.39 is 0 Å². The smallest absolute Gasteiger partial charge is 0.263 e. The van der Waals surface area contributed by atoms with Gasteiger partial charge in [0.05, 0.1) is 0 Å². The standard InChI is InChI=1S/C24H26N2O4/c1-25(21(27)13-3-8-17-6-2-7-17)20-12-5-11-19(16-20)24(18-9-4-10-18)30-26-22(28)14-15-23(26)29/h3,5,8,11-13,16H,2,4,6-7,9-10,14-15H2,1H3/b13-3-. The molecule has 156 valence electrons.